The molecule has 2 aliphatic carbocycles. The van der Waals surface area contributed by atoms with E-state index in [9.17, 15) is 4.79 Å². The summed E-state index contributed by atoms with van der Waals surface area (Å²) < 4.78 is 1.03. The van der Waals surface area contributed by atoms with Crippen LogP contribution >= 0.6 is 22.9 Å². The van der Waals surface area contributed by atoms with Crippen LogP contribution in [0.3, 0.4) is 0 Å². The van der Waals surface area contributed by atoms with E-state index in [1.54, 1.807) is 0 Å². The van der Waals surface area contributed by atoms with E-state index < -0.39 is 0 Å². The molecule has 2 aromatic rings. The average molecular weight is 319 g/mol. The van der Waals surface area contributed by atoms with Crippen LogP contribution in [-0.4, -0.2) is 11.6 Å². The molecule has 1 N–H and O–H groups in total. The third kappa shape index (κ3) is 2.58. The molecule has 0 saturated heterocycles. The van der Waals surface area contributed by atoms with Gasteiger partial charge in [0.25, 0.3) is 5.91 Å². The Morgan fingerprint density at radius 3 is 2.48 bits per heavy atom. The summed E-state index contributed by atoms with van der Waals surface area (Å²) in [6.45, 7) is 0. The third-order valence-electron chi connectivity index (χ3n) is 4.02. The number of hydrogen-bond donors (Lipinski definition) is 1. The van der Waals surface area contributed by atoms with Crippen LogP contribution in [0.1, 0.15) is 35.4 Å². The van der Waals surface area contributed by atoms with Gasteiger partial charge in [-0.15, -0.1) is 11.3 Å². The number of nitrogens with one attached hydrogen (secondary N) is 1. The number of benzene rings is 1. The summed E-state index contributed by atoms with van der Waals surface area (Å²) in [5, 5.41) is 5.86. The zero-order valence-electron chi connectivity index (χ0n) is 11.4. The number of halogens is 1. The number of fused-ring (bicyclic) bond motifs is 1. The van der Waals surface area contributed by atoms with Crippen molar-refractivity contribution in [2.75, 3.05) is 0 Å². The molecule has 3 nitrogen and oxygen atoms in total. The van der Waals surface area contributed by atoms with Crippen molar-refractivity contribution in [3.63, 3.8) is 0 Å². The minimum absolute atomic E-state index is 0.194. The van der Waals surface area contributed by atoms with E-state index in [4.69, 9.17) is 11.6 Å². The molecular weight excluding hydrogens is 304 g/mol. The molecule has 21 heavy (non-hydrogen) atoms. The molecule has 2 fully saturated rings. The number of hydrogen-bond acceptors (Lipinski definition) is 3. The predicted octanol–water partition coefficient (Wildman–Crippen LogP) is 4.46. The van der Waals surface area contributed by atoms with E-state index >= 15 is 0 Å². The fraction of sp³-hybridized carbons (Fsp3) is 0.375. The fourth-order valence-electron chi connectivity index (χ4n) is 2.60. The molecule has 2 aliphatic rings. The molecule has 1 amide bonds. The summed E-state index contributed by atoms with van der Waals surface area (Å²) >= 11 is 7.74. The molecule has 0 unspecified atom stereocenters. The van der Waals surface area contributed by atoms with Gasteiger partial charge in [-0.2, -0.15) is 5.10 Å². The van der Waals surface area contributed by atoms with E-state index in [0.717, 1.165) is 10.1 Å². The second-order valence-corrected chi connectivity index (χ2v) is 7.20. The van der Waals surface area contributed by atoms with Gasteiger partial charge in [0.2, 0.25) is 0 Å². The van der Waals surface area contributed by atoms with Crippen molar-refractivity contribution in [1.82, 2.24) is 5.43 Å². The Morgan fingerprint density at radius 2 is 1.86 bits per heavy atom. The lowest BCUT2D eigenvalue weighted by Gasteiger charge is -2.03. The van der Waals surface area contributed by atoms with Crippen LogP contribution in [0, 0.1) is 11.8 Å². The SMILES string of the molecule is O=C(NN=C(C1CC1)C1CC1)c1sc2ccccc2c1Cl. The minimum atomic E-state index is -0.194. The summed E-state index contributed by atoms with van der Waals surface area (Å²) in [5.74, 6) is 1.02. The second kappa shape index (κ2) is 5.11. The number of nitrogens with zero attached hydrogens (tertiary/aromatic N) is 1. The first-order valence-corrected chi connectivity index (χ1v) is 8.48. The van der Waals surface area contributed by atoms with Gasteiger partial charge in [0.05, 0.1) is 5.02 Å². The van der Waals surface area contributed by atoms with Gasteiger partial charge in [0, 0.05) is 15.8 Å². The maximum Gasteiger partial charge on any atom is 0.283 e. The molecule has 0 radical (unpaired) electrons. The second-order valence-electron chi connectivity index (χ2n) is 5.77. The van der Waals surface area contributed by atoms with Gasteiger partial charge in [-0.3, -0.25) is 4.79 Å². The summed E-state index contributed by atoms with van der Waals surface area (Å²) in [6.07, 6.45) is 4.87. The zero-order valence-corrected chi connectivity index (χ0v) is 13.0. The highest BCUT2D eigenvalue weighted by molar-refractivity contribution is 7.21. The number of carbonyl (C=O) groups is 1. The first-order valence-electron chi connectivity index (χ1n) is 7.29. The van der Waals surface area contributed by atoms with E-state index in [0.29, 0.717) is 21.7 Å². The van der Waals surface area contributed by atoms with Crippen LogP contribution in [0.2, 0.25) is 5.02 Å². The van der Waals surface area contributed by atoms with Crippen LogP contribution in [0.15, 0.2) is 29.4 Å². The molecule has 1 aromatic heterocycles. The van der Waals surface area contributed by atoms with Crippen LogP contribution in [-0.2, 0) is 0 Å². The summed E-state index contributed by atoms with van der Waals surface area (Å²) in [4.78, 5) is 12.9. The molecule has 5 heteroatoms. The highest BCUT2D eigenvalue weighted by atomic mass is 35.5. The van der Waals surface area contributed by atoms with Crippen molar-refractivity contribution >= 4 is 44.6 Å². The molecule has 2 saturated carbocycles. The maximum atomic E-state index is 12.3. The van der Waals surface area contributed by atoms with Crippen LogP contribution in [0.4, 0.5) is 0 Å². The zero-order chi connectivity index (χ0) is 14.4. The Morgan fingerprint density at radius 1 is 1.19 bits per heavy atom. The lowest BCUT2D eigenvalue weighted by atomic mass is 10.1. The first-order chi connectivity index (χ1) is 10.2. The topological polar surface area (TPSA) is 41.5 Å². The van der Waals surface area contributed by atoms with Crippen LogP contribution in [0.5, 0.6) is 0 Å². The predicted molar refractivity (Wildman–Crippen MR) is 87.2 cm³/mol. The molecule has 4 rings (SSSR count). The lowest BCUT2D eigenvalue weighted by molar-refractivity contribution is 0.0959. The molecule has 1 aromatic carbocycles. The van der Waals surface area contributed by atoms with Gasteiger partial charge in [0.1, 0.15) is 4.88 Å². The summed E-state index contributed by atoms with van der Waals surface area (Å²) in [5.41, 5.74) is 3.91. The Kier molecular flexibility index (Phi) is 3.23. The highest BCUT2D eigenvalue weighted by Crippen LogP contribution is 2.42. The van der Waals surface area contributed by atoms with E-state index in [-0.39, 0.29) is 5.91 Å². The number of rotatable bonds is 4. The van der Waals surface area contributed by atoms with Gasteiger partial charge in [-0.25, -0.2) is 5.43 Å². The normalized spacial score (nSPS) is 17.8. The minimum Gasteiger partial charge on any atom is -0.266 e. The molecule has 0 spiro atoms. The lowest BCUT2D eigenvalue weighted by Crippen LogP contribution is -2.20. The molecule has 108 valence electrons. The van der Waals surface area contributed by atoms with Gasteiger partial charge in [-0.1, -0.05) is 29.8 Å². The van der Waals surface area contributed by atoms with Crippen molar-refractivity contribution in [3.05, 3.63) is 34.2 Å². The van der Waals surface area contributed by atoms with E-state index in [1.807, 2.05) is 24.3 Å². The molecular formula is C16H15ClN2OS. The van der Waals surface area contributed by atoms with Crippen molar-refractivity contribution in [2.45, 2.75) is 25.7 Å². The third-order valence-corrected chi connectivity index (χ3v) is 5.69. The molecule has 1 heterocycles. The largest absolute Gasteiger partial charge is 0.283 e. The Bertz CT molecular complexity index is 730. The van der Waals surface area contributed by atoms with Gasteiger partial charge >= 0.3 is 0 Å². The van der Waals surface area contributed by atoms with Crippen molar-refractivity contribution in [3.8, 4) is 0 Å². The Labute approximate surface area is 132 Å². The van der Waals surface area contributed by atoms with Crippen molar-refractivity contribution in [1.29, 1.82) is 0 Å². The van der Waals surface area contributed by atoms with Gasteiger partial charge in [0.15, 0.2) is 0 Å². The van der Waals surface area contributed by atoms with Crippen LogP contribution in [0.25, 0.3) is 10.1 Å². The maximum absolute atomic E-state index is 12.3. The van der Waals surface area contributed by atoms with Gasteiger partial charge < -0.3 is 0 Å². The van der Waals surface area contributed by atoms with Crippen LogP contribution < -0.4 is 5.43 Å². The Balaban J connectivity index is 1.58. The smallest absolute Gasteiger partial charge is 0.266 e. The number of hydrazone groups is 1. The molecule has 0 aliphatic heterocycles. The standard InChI is InChI=1S/C16H15ClN2OS/c17-13-11-3-1-2-4-12(11)21-15(13)16(20)19-18-14(9-5-6-9)10-7-8-10/h1-4,9-10H,5-8H2,(H,19,20). The van der Waals surface area contributed by atoms with E-state index in [1.165, 1.54) is 42.7 Å². The fourth-order valence-corrected chi connectivity index (χ4v) is 4.01. The average Bonchev–Trinajstić information content (AvgIpc) is 3.39. The first kappa shape index (κ1) is 13.3. The molecule has 0 bridgehead atoms. The van der Waals surface area contributed by atoms with Gasteiger partial charge in [-0.05, 0) is 43.6 Å². The molecule has 0 atom stereocenters. The number of amides is 1. The number of thiophene rings is 1. The number of carbonyl (C=O) groups excluding carboxylic acids is 1. The van der Waals surface area contributed by atoms with E-state index in [2.05, 4.69) is 10.5 Å². The summed E-state index contributed by atoms with van der Waals surface area (Å²) in [6, 6.07) is 7.80. The monoisotopic (exact) mass is 318 g/mol. The highest BCUT2D eigenvalue weighted by Gasteiger charge is 2.38. The summed E-state index contributed by atoms with van der Waals surface area (Å²) in [7, 11) is 0. The quantitative estimate of drug-likeness (QED) is 0.656. The van der Waals surface area contributed by atoms with Crippen molar-refractivity contribution in [2.24, 2.45) is 16.9 Å². The Hall–Kier alpha value is -1.39. The van der Waals surface area contributed by atoms with Crippen molar-refractivity contribution < 1.29 is 4.79 Å².